The van der Waals surface area contributed by atoms with Crippen LogP contribution in [-0.2, 0) is 0 Å². The summed E-state index contributed by atoms with van der Waals surface area (Å²) in [6.07, 6.45) is 0. The minimum absolute atomic E-state index is 0.00145. The zero-order valence-corrected chi connectivity index (χ0v) is 17.1. The number of benzene rings is 2. The number of aromatic nitrogens is 1. The maximum Gasteiger partial charge on any atom is 0.260 e. The van der Waals surface area contributed by atoms with Gasteiger partial charge < -0.3 is 9.64 Å². The van der Waals surface area contributed by atoms with Crippen LogP contribution in [0.25, 0.3) is 10.2 Å². The molecule has 0 fully saturated rings. The van der Waals surface area contributed by atoms with Crippen molar-refractivity contribution in [3.63, 3.8) is 0 Å². The molecule has 0 saturated carbocycles. The van der Waals surface area contributed by atoms with E-state index in [0.717, 1.165) is 38.8 Å². The van der Waals surface area contributed by atoms with Gasteiger partial charge >= 0.3 is 0 Å². The molecule has 1 N–H and O–H groups in total. The summed E-state index contributed by atoms with van der Waals surface area (Å²) in [5.41, 5.74) is 2.59. The van der Waals surface area contributed by atoms with Crippen LogP contribution in [0.1, 0.15) is 22.8 Å². The van der Waals surface area contributed by atoms with E-state index in [-0.39, 0.29) is 5.91 Å². The van der Waals surface area contributed by atoms with E-state index in [1.807, 2.05) is 56.3 Å². The molecule has 6 heteroatoms. The minimum atomic E-state index is -0.00145. The number of hydrogen-bond donors (Lipinski definition) is 1. The van der Waals surface area contributed by atoms with Gasteiger partial charge in [0.1, 0.15) is 5.75 Å². The second kappa shape index (κ2) is 8.50. The Morgan fingerprint density at radius 2 is 2.00 bits per heavy atom. The Kier molecular flexibility index (Phi) is 6.08. The molecule has 0 aliphatic rings. The normalized spacial score (nSPS) is 11.1. The van der Waals surface area contributed by atoms with Crippen molar-refractivity contribution in [2.45, 2.75) is 13.8 Å². The molecular weight excluding hydrogens is 358 g/mol. The standard InChI is InChI=1S/C21H25N3O2S/c1-5-26-16-10-11-18-19(14-16)27-21(22-18)24(13-12-23(3)4)20(25)17-9-7-6-8-15(17)2/h6-11,14H,5,12-13H2,1-4H3/p+1. The lowest BCUT2D eigenvalue weighted by Gasteiger charge is -2.21. The number of carbonyl (C=O) groups excluding carboxylic acids is 1. The fourth-order valence-electron chi connectivity index (χ4n) is 2.84. The van der Waals surface area contributed by atoms with Crippen molar-refractivity contribution < 1.29 is 14.4 Å². The summed E-state index contributed by atoms with van der Waals surface area (Å²) in [4.78, 5) is 21.1. The van der Waals surface area contributed by atoms with Crippen LogP contribution in [0.4, 0.5) is 5.13 Å². The van der Waals surface area contributed by atoms with Crippen molar-refractivity contribution in [3.05, 3.63) is 53.6 Å². The summed E-state index contributed by atoms with van der Waals surface area (Å²) in [6, 6.07) is 13.6. The molecule has 5 nitrogen and oxygen atoms in total. The summed E-state index contributed by atoms with van der Waals surface area (Å²) in [5.74, 6) is 0.827. The molecule has 3 aromatic rings. The number of rotatable bonds is 7. The SMILES string of the molecule is CCOc1ccc2nc(N(CC[NH+](C)C)C(=O)c3ccccc3C)sc2c1. The molecule has 0 saturated heterocycles. The van der Waals surface area contributed by atoms with Gasteiger partial charge in [0.15, 0.2) is 5.13 Å². The van der Waals surface area contributed by atoms with Crippen molar-refractivity contribution in [2.24, 2.45) is 0 Å². The van der Waals surface area contributed by atoms with Gasteiger partial charge in [0.05, 0.1) is 44.0 Å². The average molecular weight is 385 g/mol. The summed E-state index contributed by atoms with van der Waals surface area (Å²) in [6.45, 7) is 6.02. The number of anilines is 1. The fraction of sp³-hybridized carbons (Fsp3) is 0.333. The zero-order chi connectivity index (χ0) is 19.4. The molecule has 0 atom stereocenters. The molecule has 2 aromatic carbocycles. The first-order chi connectivity index (χ1) is 13.0. The van der Waals surface area contributed by atoms with Gasteiger partial charge in [-0.05, 0) is 43.7 Å². The maximum atomic E-state index is 13.3. The van der Waals surface area contributed by atoms with E-state index in [1.165, 1.54) is 16.2 Å². The van der Waals surface area contributed by atoms with Crippen LogP contribution in [0.5, 0.6) is 5.75 Å². The molecule has 142 valence electrons. The first kappa shape index (κ1) is 19.3. The molecule has 0 radical (unpaired) electrons. The van der Waals surface area contributed by atoms with E-state index in [4.69, 9.17) is 9.72 Å². The van der Waals surface area contributed by atoms with Gasteiger partial charge in [0.25, 0.3) is 5.91 Å². The zero-order valence-electron chi connectivity index (χ0n) is 16.3. The molecule has 1 heterocycles. The van der Waals surface area contributed by atoms with Crippen LogP contribution in [0.15, 0.2) is 42.5 Å². The number of quaternary nitrogens is 1. The van der Waals surface area contributed by atoms with Crippen molar-refractivity contribution >= 4 is 32.6 Å². The van der Waals surface area contributed by atoms with Gasteiger partial charge in [-0.15, -0.1) is 0 Å². The lowest BCUT2D eigenvalue weighted by Crippen LogP contribution is -3.06. The Morgan fingerprint density at radius 1 is 1.22 bits per heavy atom. The van der Waals surface area contributed by atoms with Gasteiger partial charge in [-0.2, -0.15) is 0 Å². The predicted octanol–water partition coefficient (Wildman–Crippen LogP) is 2.79. The maximum absolute atomic E-state index is 13.3. The third-order valence-electron chi connectivity index (χ3n) is 4.35. The first-order valence-electron chi connectivity index (χ1n) is 9.19. The Balaban J connectivity index is 1.98. The highest BCUT2D eigenvalue weighted by molar-refractivity contribution is 7.22. The molecule has 0 spiro atoms. The molecule has 0 unspecified atom stereocenters. The third kappa shape index (κ3) is 4.46. The summed E-state index contributed by atoms with van der Waals surface area (Å²) in [7, 11) is 4.17. The quantitative estimate of drug-likeness (QED) is 0.681. The first-order valence-corrected chi connectivity index (χ1v) is 10.0. The number of carbonyl (C=O) groups is 1. The van der Waals surface area contributed by atoms with Crippen molar-refractivity contribution in [1.29, 1.82) is 0 Å². The van der Waals surface area contributed by atoms with Crippen LogP contribution in [0.3, 0.4) is 0 Å². The van der Waals surface area contributed by atoms with Crippen LogP contribution >= 0.6 is 11.3 Å². The summed E-state index contributed by atoms with van der Waals surface area (Å²) < 4.78 is 6.61. The van der Waals surface area contributed by atoms with Gasteiger partial charge in [0.2, 0.25) is 0 Å². The van der Waals surface area contributed by atoms with Crippen molar-refractivity contribution in [1.82, 2.24) is 4.98 Å². The second-order valence-electron chi connectivity index (χ2n) is 6.79. The van der Waals surface area contributed by atoms with E-state index >= 15 is 0 Å². The topological polar surface area (TPSA) is 46.9 Å². The third-order valence-corrected chi connectivity index (χ3v) is 5.39. The number of hydrogen-bond acceptors (Lipinski definition) is 4. The Morgan fingerprint density at radius 3 is 2.70 bits per heavy atom. The molecular formula is C21H26N3O2S+. The number of aryl methyl sites for hydroxylation is 1. The van der Waals surface area contributed by atoms with Crippen LogP contribution in [0.2, 0.25) is 0 Å². The lowest BCUT2D eigenvalue weighted by atomic mass is 10.1. The highest BCUT2D eigenvalue weighted by Gasteiger charge is 2.23. The molecule has 0 aliphatic heterocycles. The number of thiazole rings is 1. The van der Waals surface area contributed by atoms with Crippen molar-refractivity contribution in [2.75, 3.05) is 38.7 Å². The van der Waals surface area contributed by atoms with E-state index in [2.05, 4.69) is 14.1 Å². The smallest absolute Gasteiger partial charge is 0.260 e. The lowest BCUT2D eigenvalue weighted by molar-refractivity contribution is -0.856. The average Bonchev–Trinajstić information content (AvgIpc) is 3.05. The van der Waals surface area contributed by atoms with E-state index < -0.39 is 0 Å². The Labute approximate surface area is 164 Å². The van der Waals surface area contributed by atoms with Gasteiger partial charge in [-0.25, -0.2) is 4.98 Å². The highest BCUT2D eigenvalue weighted by atomic mass is 32.1. The number of nitrogens with one attached hydrogen (secondary N) is 1. The van der Waals surface area contributed by atoms with Gasteiger partial charge in [0, 0.05) is 5.56 Å². The largest absolute Gasteiger partial charge is 0.494 e. The van der Waals surface area contributed by atoms with Crippen LogP contribution < -0.4 is 14.5 Å². The Hall–Kier alpha value is -2.44. The molecule has 0 aliphatic carbocycles. The molecule has 3 rings (SSSR count). The summed E-state index contributed by atoms with van der Waals surface area (Å²) >= 11 is 1.53. The number of amides is 1. The molecule has 0 bridgehead atoms. The van der Waals surface area contributed by atoms with Crippen LogP contribution in [0, 0.1) is 6.92 Å². The molecule has 1 aromatic heterocycles. The van der Waals surface area contributed by atoms with Crippen LogP contribution in [-0.4, -0.2) is 44.7 Å². The Bertz CT molecular complexity index is 936. The second-order valence-corrected chi connectivity index (χ2v) is 7.80. The van der Waals surface area contributed by atoms with E-state index in [1.54, 1.807) is 4.90 Å². The fourth-order valence-corrected chi connectivity index (χ4v) is 3.86. The number of nitrogens with zero attached hydrogens (tertiary/aromatic N) is 2. The molecule has 27 heavy (non-hydrogen) atoms. The van der Waals surface area contributed by atoms with E-state index in [0.29, 0.717) is 13.2 Å². The van der Waals surface area contributed by atoms with Gasteiger partial charge in [-0.3, -0.25) is 9.69 Å². The van der Waals surface area contributed by atoms with Crippen molar-refractivity contribution in [3.8, 4) is 5.75 Å². The number of fused-ring (bicyclic) bond motifs is 1. The number of likely N-dealkylation sites (N-methyl/N-ethyl adjacent to an activating group) is 1. The predicted molar refractivity (Wildman–Crippen MR) is 111 cm³/mol. The van der Waals surface area contributed by atoms with E-state index in [9.17, 15) is 4.79 Å². The molecule has 1 amide bonds. The monoisotopic (exact) mass is 384 g/mol. The minimum Gasteiger partial charge on any atom is -0.494 e. The highest BCUT2D eigenvalue weighted by Crippen LogP contribution is 2.32. The number of ether oxygens (including phenoxy) is 1. The van der Waals surface area contributed by atoms with Gasteiger partial charge in [-0.1, -0.05) is 29.5 Å². The summed E-state index contributed by atoms with van der Waals surface area (Å²) in [5, 5.41) is 0.730.